The molecule has 0 saturated heterocycles. The molecule has 20 heavy (non-hydrogen) atoms. The lowest BCUT2D eigenvalue weighted by Gasteiger charge is -2.11. The third kappa shape index (κ3) is 3.52. The molecule has 1 aliphatic carbocycles. The number of aromatic hydroxyl groups is 1. The molecule has 1 aromatic carbocycles. The van der Waals surface area contributed by atoms with E-state index in [0.29, 0.717) is 5.56 Å². The van der Waals surface area contributed by atoms with Gasteiger partial charge in [-0.1, -0.05) is 30.5 Å². The van der Waals surface area contributed by atoms with Gasteiger partial charge >= 0.3 is 0 Å². The predicted molar refractivity (Wildman–Crippen MR) is 77.1 cm³/mol. The fraction of sp³-hybridized carbons (Fsp3) is 0.333. The van der Waals surface area contributed by atoms with Gasteiger partial charge in [0.15, 0.2) is 0 Å². The van der Waals surface area contributed by atoms with Crippen molar-refractivity contribution in [2.45, 2.75) is 31.7 Å². The van der Waals surface area contributed by atoms with Crippen LogP contribution in [-0.2, 0) is 4.79 Å². The number of carbonyl (C=O) groups is 1. The number of nitriles is 1. The Labute approximate surface area is 122 Å². The highest BCUT2D eigenvalue weighted by molar-refractivity contribution is 6.32. The zero-order chi connectivity index (χ0) is 14.5. The average Bonchev–Trinajstić information content (AvgIpc) is 2.92. The van der Waals surface area contributed by atoms with E-state index in [-0.39, 0.29) is 28.3 Å². The minimum atomic E-state index is -0.358. The molecule has 0 heterocycles. The summed E-state index contributed by atoms with van der Waals surface area (Å²) in [6, 6.07) is 6.61. The van der Waals surface area contributed by atoms with Crippen LogP contribution in [-0.4, -0.2) is 17.1 Å². The maximum Gasteiger partial charge on any atom is 0.262 e. The first-order chi connectivity index (χ1) is 9.60. The average molecular weight is 291 g/mol. The molecule has 1 aliphatic rings. The first-order valence-corrected chi connectivity index (χ1v) is 6.89. The van der Waals surface area contributed by atoms with Gasteiger partial charge < -0.3 is 10.4 Å². The van der Waals surface area contributed by atoms with Gasteiger partial charge in [0.05, 0.1) is 5.02 Å². The Bertz CT molecular complexity index is 584. The van der Waals surface area contributed by atoms with Crippen LogP contribution in [0, 0.1) is 11.3 Å². The summed E-state index contributed by atoms with van der Waals surface area (Å²) < 4.78 is 0. The number of benzene rings is 1. The van der Waals surface area contributed by atoms with E-state index < -0.39 is 0 Å². The van der Waals surface area contributed by atoms with E-state index in [1.165, 1.54) is 18.2 Å². The van der Waals surface area contributed by atoms with Gasteiger partial charge in [0.25, 0.3) is 5.91 Å². The number of rotatable bonds is 3. The van der Waals surface area contributed by atoms with Crippen molar-refractivity contribution in [3.05, 3.63) is 34.4 Å². The van der Waals surface area contributed by atoms with Crippen molar-refractivity contribution in [2.24, 2.45) is 0 Å². The molecule has 104 valence electrons. The molecule has 1 saturated carbocycles. The maximum atomic E-state index is 12.0. The van der Waals surface area contributed by atoms with Crippen molar-refractivity contribution < 1.29 is 9.90 Å². The molecule has 1 fully saturated rings. The van der Waals surface area contributed by atoms with E-state index >= 15 is 0 Å². The molecular weight excluding hydrogens is 276 g/mol. The van der Waals surface area contributed by atoms with Crippen LogP contribution in [0.25, 0.3) is 6.08 Å². The van der Waals surface area contributed by atoms with Crippen molar-refractivity contribution in [1.82, 2.24) is 5.32 Å². The topological polar surface area (TPSA) is 73.1 Å². The van der Waals surface area contributed by atoms with E-state index in [1.54, 1.807) is 6.07 Å². The zero-order valence-corrected chi connectivity index (χ0v) is 11.7. The number of hydrogen-bond donors (Lipinski definition) is 2. The minimum absolute atomic E-state index is 0.0299. The minimum Gasteiger partial charge on any atom is -0.506 e. The van der Waals surface area contributed by atoms with Gasteiger partial charge in [-0.15, -0.1) is 0 Å². The summed E-state index contributed by atoms with van der Waals surface area (Å²) in [4.78, 5) is 12.0. The molecule has 1 amide bonds. The molecule has 5 heteroatoms. The molecular formula is C15H15ClN2O2. The molecule has 2 rings (SSSR count). The Morgan fingerprint density at radius 3 is 2.75 bits per heavy atom. The van der Waals surface area contributed by atoms with Gasteiger partial charge in [0.2, 0.25) is 0 Å². The highest BCUT2D eigenvalue weighted by atomic mass is 35.5. The van der Waals surface area contributed by atoms with Gasteiger partial charge in [-0.3, -0.25) is 4.79 Å². The number of phenols is 1. The maximum absolute atomic E-state index is 12.0. The van der Waals surface area contributed by atoms with Gasteiger partial charge in [-0.25, -0.2) is 0 Å². The highest BCUT2D eigenvalue weighted by Crippen LogP contribution is 2.25. The summed E-state index contributed by atoms with van der Waals surface area (Å²) in [7, 11) is 0. The summed E-state index contributed by atoms with van der Waals surface area (Å²) in [5.74, 6) is -0.388. The first-order valence-electron chi connectivity index (χ1n) is 6.51. The van der Waals surface area contributed by atoms with Crippen LogP contribution in [0.4, 0.5) is 0 Å². The van der Waals surface area contributed by atoms with Crippen LogP contribution < -0.4 is 5.32 Å². The molecule has 0 aliphatic heterocycles. The molecule has 4 nitrogen and oxygen atoms in total. The molecule has 0 radical (unpaired) electrons. The fourth-order valence-corrected chi connectivity index (χ4v) is 2.45. The summed E-state index contributed by atoms with van der Waals surface area (Å²) in [6.45, 7) is 0. The zero-order valence-electron chi connectivity index (χ0n) is 10.9. The monoisotopic (exact) mass is 290 g/mol. The second-order valence-electron chi connectivity index (χ2n) is 4.84. The number of halogens is 1. The molecule has 2 N–H and O–H groups in total. The lowest BCUT2D eigenvalue weighted by molar-refractivity contribution is -0.117. The predicted octanol–water partition coefficient (Wildman–Crippen LogP) is 3.01. The largest absolute Gasteiger partial charge is 0.506 e. The van der Waals surface area contributed by atoms with Crippen LogP contribution in [0.1, 0.15) is 31.2 Å². The van der Waals surface area contributed by atoms with E-state index in [4.69, 9.17) is 16.9 Å². The molecule has 0 bridgehead atoms. The van der Waals surface area contributed by atoms with E-state index in [2.05, 4.69) is 5.32 Å². The number of nitrogens with zero attached hydrogens (tertiary/aromatic N) is 1. The van der Waals surface area contributed by atoms with Crippen molar-refractivity contribution in [2.75, 3.05) is 0 Å². The summed E-state index contributed by atoms with van der Waals surface area (Å²) in [5.41, 5.74) is 0.643. The Morgan fingerprint density at radius 1 is 1.45 bits per heavy atom. The molecule has 0 atom stereocenters. The number of carbonyl (C=O) groups excluding carboxylic acids is 1. The normalized spacial score (nSPS) is 15.9. The Balaban J connectivity index is 2.13. The van der Waals surface area contributed by atoms with Gasteiger partial charge in [0.1, 0.15) is 17.4 Å². The Hall–Kier alpha value is -1.99. The van der Waals surface area contributed by atoms with E-state index in [0.717, 1.165) is 25.7 Å². The van der Waals surface area contributed by atoms with Crippen molar-refractivity contribution in [3.8, 4) is 11.8 Å². The van der Waals surface area contributed by atoms with Gasteiger partial charge in [0, 0.05) is 6.04 Å². The summed E-state index contributed by atoms with van der Waals surface area (Å²) in [6.07, 6.45) is 5.63. The van der Waals surface area contributed by atoms with E-state index in [9.17, 15) is 9.90 Å². The van der Waals surface area contributed by atoms with Crippen LogP contribution in [0.5, 0.6) is 5.75 Å². The first kappa shape index (κ1) is 14.4. The van der Waals surface area contributed by atoms with Crippen LogP contribution in [0.15, 0.2) is 23.8 Å². The second-order valence-corrected chi connectivity index (χ2v) is 5.24. The third-order valence-corrected chi connectivity index (χ3v) is 3.64. The Kier molecular flexibility index (Phi) is 4.65. The summed E-state index contributed by atoms with van der Waals surface area (Å²) >= 11 is 5.79. The lowest BCUT2D eigenvalue weighted by atomic mass is 10.1. The lowest BCUT2D eigenvalue weighted by Crippen LogP contribution is -2.33. The molecule has 1 aromatic rings. The third-order valence-electron chi connectivity index (χ3n) is 3.34. The number of hydrogen-bond acceptors (Lipinski definition) is 3. The van der Waals surface area contributed by atoms with E-state index in [1.807, 2.05) is 6.07 Å². The van der Waals surface area contributed by atoms with Crippen LogP contribution in [0.3, 0.4) is 0 Å². The molecule has 0 unspecified atom stereocenters. The highest BCUT2D eigenvalue weighted by Gasteiger charge is 2.19. The van der Waals surface area contributed by atoms with Crippen molar-refractivity contribution >= 4 is 23.6 Å². The van der Waals surface area contributed by atoms with Crippen LogP contribution >= 0.6 is 11.6 Å². The van der Waals surface area contributed by atoms with Crippen molar-refractivity contribution in [1.29, 1.82) is 5.26 Å². The SMILES string of the molecule is N#C/C(=C/c1ccc(O)c(Cl)c1)C(=O)NC1CCCC1. The molecule has 0 spiro atoms. The van der Waals surface area contributed by atoms with Crippen molar-refractivity contribution in [3.63, 3.8) is 0 Å². The number of amides is 1. The number of phenolic OH excluding ortho intramolecular Hbond substituents is 1. The Morgan fingerprint density at radius 2 is 2.15 bits per heavy atom. The standard InChI is InChI=1S/C15H15ClN2O2/c16-13-8-10(5-6-14(13)19)7-11(9-17)15(20)18-12-3-1-2-4-12/h5-8,12,19H,1-4H2,(H,18,20)/b11-7-. The quantitative estimate of drug-likeness (QED) is 0.664. The summed E-state index contributed by atoms with van der Waals surface area (Å²) in [5, 5.41) is 21.5. The smallest absolute Gasteiger partial charge is 0.262 e. The molecule has 0 aromatic heterocycles. The second kappa shape index (κ2) is 6.44. The van der Waals surface area contributed by atoms with Crippen LogP contribution in [0.2, 0.25) is 5.02 Å². The van der Waals surface area contributed by atoms with Gasteiger partial charge in [-0.2, -0.15) is 5.26 Å². The number of nitrogens with one attached hydrogen (secondary N) is 1. The van der Waals surface area contributed by atoms with Gasteiger partial charge in [-0.05, 0) is 36.6 Å². The fourth-order valence-electron chi connectivity index (χ4n) is 2.26.